The number of nitrogens with zero attached hydrogens (tertiary/aromatic N) is 1. The van der Waals surface area contributed by atoms with Gasteiger partial charge in [-0.15, -0.1) is 0 Å². The lowest BCUT2D eigenvalue weighted by Gasteiger charge is -2.26. The van der Waals surface area contributed by atoms with Crippen LogP contribution in [0.1, 0.15) is 29.9 Å². The highest BCUT2D eigenvalue weighted by atomic mass is 16.5. The molecule has 182 valence electrons. The third-order valence-corrected chi connectivity index (χ3v) is 6.77. The maximum Gasteiger partial charge on any atom is 0.407 e. The maximum absolute atomic E-state index is 12.9. The van der Waals surface area contributed by atoms with Crippen LogP contribution >= 0.6 is 0 Å². The van der Waals surface area contributed by atoms with Gasteiger partial charge in [-0.3, -0.25) is 15.0 Å². The number of carbonyl (C=O) groups excluding carboxylic acids is 3. The Kier molecular flexibility index (Phi) is 6.12. The number of hydrazine groups is 1. The van der Waals surface area contributed by atoms with E-state index in [1.165, 1.54) is 0 Å². The van der Waals surface area contributed by atoms with Crippen LogP contribution in [0.15, 0.2) is 48.5 Å². The molecule has 0 spiro atoms. The van der Waals surface area contributed by atoms with E-state index in [9.17, 15) is 24.3 Å². The van der Waals surface area contributed by atoms with E-state index >= 15 is 0 Å². The van der Waals surface area contributed by atoms with Crippen molar-refractivity contribution in [3.63, 3.8) is 0 Å². The Morgan fingerprint density at radius 1 is 1.09 bits per heavy atom. The highest BCUT2D eigenvalue weighted by Gasteiger charge is 2.45. The van der Waals surface area contributed by atoms with Crippen LogP contribution in [0, 0.1) is 5.92 Å². The van der Waals surface area contributed by atoms with E-state index in [0.717, 1.165) is 27.3 Å². The van der Waals surface area contributed by atoms with Crippen LogP contribution in [0.4, 0.5) is 4.79 Å². The van der Waals surface area contributed by atoms with E-state index in [0.29, 0.717) is 6.42 Å². The second-order valence-corrected chi connectivity index (χ2v) is 8.85. The topological polar surface area (TPSA) is 134 Å². The number of amides is 3. The predicted octanol–water partition coefficient (Wildman–Crippen LogP) is 1.65. The van der Waals surface area contributed by atoms with Crippen LogP contribution < -0.4 is 10.7 Å². The van der Waals surface area contributed by atoms with Gasteiger partial charge in [0.15, 0.2) is 6.04 Å². The highest BCUT2D eigenvalue weighted by Crippen LogP contribution is 2.44. The normalized spacial score (nSPS) is 22.9. The van der Waals surface area contributed by atoms with Gasteiger partial charge in [-0.2, -0.15) is 0 Å². The van der Waals surface area contributed by atoms with Gasteiger partial charge in [0.1, 0.15) is 12.7 Å². The van der Waals surface area contributed by atoms with Crippen LogP contribution in [0.5, 0.6) is 0 Å². The molecule has 1 aliphatic carbocycles. The Morgan fingerprint density at radius 3 is 2.40 bits per heavy atom. The first-order valence-electron chi connectivity index (χ1n) is 11.5. The summed E-state index contributed by atoms with van der Waals surface area (Å²) >= 11 is 0. The largest absolute Gasteiger partial charge is 0.480 e. The number of hydrogen-bond donors (Lipinski definition) is 3. The summed E-state index contributed by atoms with van der Waals surface area (Å²) < 4.78 is 11.1. The van der Waals surface area contributed by atoms with Crippen molar-refractivity contribution in [3.05, 3.63) is 59.7 Å². The van der Waals surface area contributed by atoms with Crippen LogP contribution in [0.2, 0.25) is 0 Å². The third kappa shape index (κ3) is 4.32. The molecule has 10 nitrogen and oxygen atoms in total. The lowest BCUT2D eigenvalue weighted by Crippen LogP contribution is -2.52. The summed E-state index contributed by atoms with van der Waals surface area (Å²) in [6.07, 6.45) is -1.39. The van der Waals surface area contributed by atoms with Crippen molar-refractivity contribution in [2.75, 3.05) is 19.8 Å². The molecule has 2 heterocycles. The average Bonchev–Trinajstić information content (AvgIpc) is 3.57. The minimum absolute atomic E-state index is 0.0657. The van der Waals surface area contributed by atoms with Crippen molar-refractivity contribution in [3.8, 4) is 11.1 Å². The van der Waals surface area contributed by atoms with Crippen molar-refractivity contribution in [1.82, 2.24) is 15.8 Å². The molecular formula is C25H25N3O7. The zero-order valence-electron chi connectivity index (χ0n) is 18.8. The first-order chi connectivity index (χ1) is 16.9. The first kappa shape index (κ1) is 22.9. The van der Waals surface area contributed by atoms with E-state index in [1.807, 2.05) is 36.4 Å². The minimum atomic E-state index is -1.28. The number of nitrogens with one attached hydrogen (secondary N) is 2. The maximum atomic E-state index is 12.9. The summed E-state index contributed by atoms with van der Waals surface area (Å²) in [5, 5.41) is 12.8. The summed E-state index contributed by atoms with van der Waals surface area (Å²) in [7, 11) is 0. The zero-order chi connectivity index (χ0) is 24.5. The average molecular weight is 479 g/mol. The van der Waals surface area contributed by atoms with Crippen LogP contribution in [-0.2, 0) is 23.9 Å². The lowest BCUT2D eigenvalue weighted by molar-refractivity contribution is -0.156. The molecule has 3 N–H and O–H groups in total. The quantitative estimate of drug-likeness (QED) is 0.573. The number of benzene rings is 2. The van der Waals surface area contributed by atoms with Crippen molar-refractivity contribution in [2.24, 2.45) is 5.92 Å². The Balaban J connectivity index is 1.18. The van der Waals surface area contributed by atoms with Crippen LogP contribution in [0.25, 0.3) is 11.1 Å². The molecule has 3 atom stereocenters. The molecule has 0 saturated carbocycles. The number of alkyl carbamates (subject to hydrolysis) is 1. The van der Waals surface area contributed by atoms with Gasteiger partial charge in [0.2, 0.25) is 5.91 Å². The number of ether oxygens (including phenoxy) is 2. The molecule has 10 heteroatoms. The number of carbonyl (C=O) groups is 4. The summed E-state index contributed by atoms with van der Waals surface area (Å²) in [5.41, 5.74) is 6.77. The molecule has 3 amide bonds. The monoisotopic (exact) mass is 479 g/mol. The van der Waals surface area contributed by atoms with E-state index in [-0.39, 0.29) is 38.0 Å². The number of hydrogen-bond acceptors (Lipinski definition) is 6. The molecule has 2 aliphatic heterocycles. The van der Waals surface area contributed by atoms with Crippen molar-refractivity contribution < 1.29 is 33.8 Å². The van der Waals surface area contributed by atoms with Gasteiger partial charge >= 0.3 is 12.1 Å². The molecule has 3 aliphatic rings. The first-order valence-corrected chi connectivity index (χ1v) is 11.5. The van der Waals surface area contributed by atoms with Gasteiger partial charge in [-0.05, 0) is 28.7 Å². The van der Waals surface area contributed by atoms with Gasteiger partial charge < -0.3 is 19.9 Å². The fourth-order valence-corrected chi connectivity index (χ4v) is 5.05. The van der Waals surface area contributed by atoms with E-state index in [4.69, 9.17) is 9.47 Å². The number of rotatable bonds is 6. The number of aliphatic carboxylic acids is 1. The van der Waals surface area contributed by atoms with Crippen LogP contribution in [-0.4, -0.2) is 65.9 Å². The van der Waals surface area contributed by atoms with E-state index < -0.39 is 36.0 Å². The van der Waals surface area contributed by atoms with Crippen molar-refractivity contribution >= 4 is 23.9 Å². The van der Waals surface area contributed by atoms with Gasteiger partial charge in [-0.1, -0.05) is 48.5 Å². The van der Waals surface area contributed by atoms with Crippen LogP contribution in [0.3, 0.4) is 0 Å². The Hall–Kier alpha value is -3.92. The molecule has 0 bridgehead atoms. The molecule has 3 unspecified atom stereocenters. The summed E-state index contributed by atoms with van der Waals surface area (Å²) in [6, 6.07) is 14.8. The second-order valence-electron chi connectivity index (χ2n) is 8.85. The lowest BCUT2D eigenvalue weighted by atomic mass is 9.98. The van der Waals surface area contributed by atoms with Crippen molar-refractivity contribution in [1.29, 1.82) is 0 Å². The Bertz CT molecular complexity index is 1140. The number of carboxylic acids is 1. The molecule has 2 fully saturated rings. The molecule has 35 heavy (non-hydrogen) atoms. The summed E-state index contributed by atoms with van der Waals surface area (Å²) in [4.78, 5) is 48.4. The van der Waals surface area contributed by atoms with Gasteiger partial charge in [0.05, 0.1) is 6.42 Å². The minimum Gasteiger partial charge on any atom is -0.480 e. The van der Waals surface area contributed by atoms with Gasteiger partial charge in [-0.25, -0.2) is 14.6 Å². The molecule has 0 radical (unpaired) electrons. The Labute approximate surface area is 201 Å². The third-order valence-electron chi connectivity index (χ3n) is 6.77. The summed E-state index contributed by atoms with van der Waals surface area (Å²) in [5.74, 6) is -2.90. The van der Waals surface area contributed by atoms with Gasteiger partial charge in [0.25, 0.3) is 5.91 Å². The van der Waals surface area contributed by atoms with E-state index in [2.05, 4.69) is 22.9 Å². The molecule has 0 aromatic heterocycles. The van der Waals surface area contributed by atoms with Crippen molar-refractivity contribution in [2.45, 2.75) is 30.9 Å². The fraction of sp³-hybridized carbons (Fsp3) is 0.360. The smallest absolute Gasteiger partial charge is 0.407 e. The Morgan fingerprint density at radius 2 is 1.74 bits per heavy atom. The molecule has 2 saturated heterocycles. The second kappa shape index (κ2) is 9.38. The zero-order valence-corrected chi connectivity index (χ0v) is 18.8. The summed E-state index contributed by atoms with van der Waals surface area (Å²) in [6.45, 7) is 0.572. The standard InChI is InChI=1S/C25H25N3O7/c29-21-11-20(24(31)32)28(27-21)23(30)22-14(9-10-34-22)12-26-25(33)35-13-19-17-7-3-1-5-15(17)16-6-2-4-8-18(16)19/h1-8,14,19-20,22H,9-13H2,(H,26,33)(H,27,29)(H,31,32). The fourth-order valence-electron chi connectivity index (χ4n) is 5.05. The number of fused-ring (bicyclic) bond motifs is 3. The molecule has 2 aromatic rings. The van der Waals surface area contributed by atoms with E-state index in [1.54, 1.807) is 0 Å². The van der Waals surface area contributed by atoms with Gasteiger partial charge in [0, 0.05) is 25.0 Å². The molecular weight excluding hydrogens is 454 g/mol. The number of carboxylic acid groups (broad SMARTS) is 1. The predicted molar refractivity (Wildman–Crippen MR) is 122 cm³/mol. The molecule has 5 rings (SSSR count). The molecule has 2 aromatic carbocycles. The highest BCUT2D eigenvalue weighted by molar-refractivity contribution is 5.95. The SMILES string of the molecule is O=C1CC(C(=O)O)N(C(=O)C2OCCC2CNC(=O)OCC2c3ccccc3-c3ccccc32)N1.